The molecule has 1 aliphatic heterocycles. The van der Waals surface area contributed by atoms with Gasteiger partial charge in [-0.1, -0.05) is 0 Å². The number of morpholine rings is 1. The van der Waals surface area contributed by atoms with Gasteiger partial charge in [0.2, 0.25) is 0 Å². The van der Waals surface area contributed by atoms with E-state index in [1.165, 1.54) is 0 Å². The molecule has 2 atom stereocenters. The van der Waals surface area contributed by atoms with Gasteiger partial charge in [0.15, 0.2) is 5.96 Å². The molecule has 0 aromatic carbocycles. The predicted molar refractivity (Wildman–Crippen MR) is 101 cm³/mol. The third-order valence-electron chi connectivity index (χ3n) is 3.59. The van der Waals surface area contributed by atoms with Crippen LogP contribution in [-0.4, -0.2) is 61.3 Å². The van der Waals surface area contributed by atoms with Gasteiger partial charge in [-0.25, -0.2) is 0 Å². The van der Waals surface area contributed by atoms with Gasteiger partial charge >= 0.3 is 0 Å². The number of nitrogens with zero attached hydrogens (tertiary/aromatic N) is 2. The van der Waals surface area contributed by atoms with Gasteiger partial charge < -0.3 is 15.4 Å². The highest BCUT2D eigenvalue weighted by atomic mass is 127. The molecule has 1 aliphatic rings. The largest absolute Gasteiger partial charge is 0.373 e. The van der Waals surface area contributed by atoms with Gasteiger partial charge in [0, 0.05) is 31.7 Å². The van der Waals surface area contributed by atoms with Crippen LogP contribution < -0.4 is 10.6 Å². The van der Waals surface area contributed by atoms with E-state index in [4.69, 9.17) is 9.73 Å². The quantitative estimate of drug-likeness (QED) is 0.413. The fourth-order valence-electron chi connectivity index (χ4n) is 2.55. The van der Waals surface area contributed by atoms with E-state index in [1.807, 2.05) is 0 Å². The Balaban J connectivity index is 0.00000400. The highest BCUT2D eigenvalue weighted by Crippen LogP contribution is 2.21. The summed E-state index contributed by atoms with van der Waals surface area (Å²) in [5, 5.41) is 6.54. The van der Waals surface area contributed by atoms with Crippen LogP contribution in [0.15, 0.2) is 4.99 Å². The van der Waals surface area contributed by atoms with Crippen molar-refractivity contribution in [3.63, 3.8) is 0 Å². The summed E-state index contributed by atoms with van der Waals surface area (Å²) in [6.07, 6.45) is 0.591. The van der Waals surface area contributed by atoms with Crippen LogP contribution in [0.25, 0.3) is 0 Å². The van der Waals surface area contributed by atoms with Crippen LogP contribution in [0.3, 0.4) is 0 Å². The third kappa shape index (κ3) is 7.15. The van der Waals surface area contributed by atoms with E-state index in [-0.39, 0.29) is 29.5 Å². The fraction of sp³-hybridized carbons (Fsp3) is 0.933. The average Bonchev–Trinajstić information content (AvgIpc) is 2.35. The topological polar surface area (TPSA) is 48.9 Å². The number of nitrogens with one attached hydrogen (secondary N) is 2. The lowest BCUT2D eigenvalue weighted by Crippen LogP contribution is -2.56. The Labute approximate surface area is 147 Å². The predicted octanol–water partition coefficient (Wildman–Crippen LogP) is 2.07. The number of hydrogen-bond donors (Lipinski definition) is 2. The van der Waals surface area contributed by atoms with Gasteiger partial charge in [0.25, 0.3) is 0 Å². The van der Waals surface area contributed by atoms with Gasteiger partial charge in [-0.15, -0.1) is 24.0 Å². The highest BCUT2D eigenvalue weighted by molar-refractivity contribution is 14.0. The van der Waals surface area contributed by atoms with Crippen molar-refractivity contribution in [3.8, 4) is 0 Å². The fourth-order valence-corrected chi connectivity index (χ4v) is 2.55. The lowest BCUT2D eigenvalue weighted by molar-refractivity contribution is -0.0939. The molecule has 126 valence electrons. The number of guanidine groups is 1. The van der Waals surface area contributed by atoms with E-state index >= 15 is 0 Å². The second-order valence-electron chi connectivity index (χ2n) is 6.20. The van der Waals surface area contributed by atoms with E-state index in [2.05, 4.69) is 57.1 Å². The Morgan fingerprint density at radius 3 is 2.05 bits per heavy atom. The van der Waals surface area contributed by atoms with Crippen molar-refractivity contribution >= 4 is 29.9 Å². The van der Waals surface area contributed by atoms with Crippen LogP contribution in [-0.2, 0) is 4.74 Å². The smallest absolute Gasteiger partial charge is 0.191 e. The number of rotatable bonds is 5. The summed E-state index contributed by atoms with van der Waals surface area (Å²) in [6.45, 7) is 17.5. The maximum absolute atomic E-state index is 5.81. The Bertz CT molecular complexity index is 305. The summed E-state index contributed by atoms with van der Waals surface area (Å²) in [5.74, 6) is 0.900. The molecular formula is C15H33IN4O. The normalized spacial score (nSPS) is 23.1. The molecule has 5 nitrogen and oxygen atoms in total. The minimum Gasteiger partial charge on any atom is -0.373 e. The maximum atomic E-state index is 5.81. The van der Waals surface area contributed by atoms with Crippen LogP contribution in [0.2, 0.25) is 0 Å². The molecule has 1 heterocycles. The van der Waals surface area contributed by atoms with Crippen LogP contribution in [0.1, 0.15) is 41.5 Å². The van der Waals surface area contributed by atoms with Gasteiger partial charge in [-0.05, 0) is 41.5 Å². The summed E-state index contributed by atoms with van der Waals surface area (Å²) >= 11 is 0. The van der Waals surface area contributed by atoms with Gasteiger partial charge in [0.05, 0.1) is 18.8 Å². The summed E-state index contributed by atoms with van der Waals surface area (Å²) in [4.78, 5) is 7.20. The molecule has 0 aromatic rings. The van der Waals surface area contributed by atoms with E-state index in [1.54, 1.807) is 0 Å². The van der Waals surface area contributed by atoms with Gasteiger partial charge in [-0.2, -0.15) is 0 Å². The Hall–Kier alpha value is -0.0800. The molecule has 0 bridgehead atoms. The van der Waals surface area contributed by atoms with Crippen molar-refractivity contribution in [3.05, 3.63) is 0 Å². The standard InChI is InChI=1S/C15H32N4O.HI/c1-7-16-14(17-8-2)18-11-15(5,6)19-9-12(3)20-13(4)10-19;/h12-13H,7-11H2,1-6H3,(H2,16,17,18);1H. The molecule has 6 heteroatoms. The Morgan fingerprint density at radius 2 is 1.62 bits per heavy atom. The van der Waals surface area contributed by atoms with Gasteiger partial charge in [0.1, 0.15) is 0 Å². The molecule has 1 saturated heterocycles. The molecule has 0 aromatic heterocycles. The van der Waals surface area contributed by atoms with Gasteiger partial charge in [-0.3, -0.25) is 9.89 Å². The molecule has 21 heavy (non-hydrogen) atoms. The third-order valence-corrected chi connectivity index (χ3v) is 3.59. The Kier molecular flexibility index (Phi) is 9.80. The first-order chi connectivity index (χ1) is 9.39. The van der Waals surface area contributed by atoms with Crippen molar-refractivity contribution in [1.82, 2.24) is 15.5 Å². The van der Waals surface area contributed by atoms with Crippen LogP contribution >= 0.6 is 24.0 Å². The van der Waals surface area contributed by atoms with Crippen molar-refractivity contribution in [2.75, 3.05) is 32.7 Å². The number of hydrogen-bond acceptors (Lipinski definition) is 3. The van der Waals surface area contributed by atoms with Crippen molar-refractivity contribution < 1.29 is 4.74 Å². The van der Waals surface area contributed by atoms with E-state index in [9.17, 15) is 0 Å². The van der Waals surface area contributed by atoms with Crippen molar-refractivity contribution in [2.24, 2.45) is 4.99 Å². The lowest BCUT2D eigenvalue weighted by Gasteiger charge is -2.44. The second-order valence-corrected chi connectivity index (χ2v) is 6.20. The maximum Gasteiger partial charge on any atom is 0.191 e. The van der Waals surface area contributed by atoms with Crippen molar-refractivity contribution in [1.29, 1.82) is 0 Å². The van der Waals surface area contributed by atoms with Crippen LogP contribution in [0.4, 0.5) is 0 Å². The monoisotopic (exact) mass is 412 g/mol. The molecular weight excluding hydrogens is 379 g/mol. The second kappa shape index (κ2) is 9.84. The summed E-state index contributed by atoms with van der Waals surface area (Å²) in [6, 6.07) is 0. The zero-order chi connectivity index (χ0) is 15.2. The first-order valence-corrected chi connectivity index (χ1v) is 7.81. The summed E-state index contributed by atoms with van der Waals surface area (Å²) in [5.41, 5.74) is 0.0440. The highest BCUT2D eigenvalue weighted by Gasteiger charge is 2.33. The van der Waals surface area contributed by atoms with E-state index < -0.39 is 0 Å². The molecule has 0 radical (unpaired) electrons. The zero-order valence-electron chi connectivity index (χ0n) is 14.4. The molecule has 2 N–H and O–H groups in total. The number of aliphatic imine (C=N–C) groups is 1. The summed E-state index contributed by atoms with van der Waals surface area (Å²) < 4.78 is 5.81. The summed E-state index contributed by atoms with van der Waals surface area (Å²) in [7, 11) is 0. The first-order valence-electron chi connectivity index (χ1n) is 7.81. The molecule has 0 aliphatic carbocycles. The number of halogens is 1. The lowest BCUT2D eigenvalue weighted by atomic mass is 10.0. The zero-order valence-corrected chi connectivity index (χ0v) is 16.7. The van der Waals surface area contributed by atoms with Crippen LogP contribution in [0.5, 0.6) is 0 Å². The first kappa shape index (κ1) is 20.9. The molecule has 1 fully saturated rings. The SMILES string of the molecule is CCNC(=NCC(C)(C)N1CC(C)OC(C)C1)NCC.I. The average molecular weight is 412 g/mol. The van der Waals surface area contributed by atoms with E-state index in [0.717, 1.165) is 38.7 Å². The Morgan fingerprint density at radius 1 is 1.14 bits per heavy atom. The van der Waals surface area contributed by atoms with Crippen LogP contribution in [0, 0.1) is 0 Å². The minimum absolute atomic E-state index is 0. The molecule has 0 amide bonds. The molecule has 1 rings (SSSR count). The molecule has 0 saturated carbocycles. The van der Waals surface area contributed by atoms with Crippen molar-refractivity contribution in [2.45, 2.75) is 59.3 Å². The number of ether oxygens (including phenoxy) is 1. The van der Waals surface area contributed by atoms with E-state index in [0.29, 0.717) is 12.2 Å². The minimum atomic E-state index is 0. The molecule has 2 unspecified atom stereocenters. The molecule has 0 spiro atoms.